The van der Waals surface area contributed by atoms with E-state index in [9.17, 15) is 9.59 Å². The lowest BCUT2D eigenvalue weighted by Gasteiger charge is -2.23. The van der Waals surface area contributed by atoms with Gasteiger partial charge in [0.25, 0.3) is 0 Å². The van der Waals surface area contributed by atoms with Crippen LogP contribution < -0.4 is 5.32 Å². The molecule has 1 aliphatic rings. The summed E-state index contributed by atoms with van der Waals surface area (Å²) in [5.74, 6) is -0.147. The predicted octanol–water partition coefficient (Wildman–Crippen LogP) is 2.50. The zero-order valence-corrected chi connectivity index (χ0v) is 13.9. The summed E-state index contributed by atoms with van der Waals surface area (Å²) >= 11 is 0. The Bertz CT molecular complexity index is 645. The number of amides is 2. The zero-order chi connectivity index (χ0) is 17.5. The van der Waals surface area contributed by atoms with Crippen molar-refractivity contribution in [3.05, 3.63) is 66.0 Å². The van der Waals surface area contributed by atoms with Crippen LogP contribution in [0.4, 0.5) is 4.79 Å². The van der Waals surface area contributed by atoms with E-state index in [1.807, 2.05) is 42.5 Å². The molecule has 3 rings (SSSR count). The maximum absolute atomic E-state index is 12.4. The Hall–Kier alpha value is -2.89. The van der Waals surface area contributed by atoms with Crippen LogP contribution in [0.2, 0.25) is 0 Å². The Morgan fingerprint density at radius 3 is 2.64 bits per heavy atom. The molecule has 0 bridgehead atoms. The molecule has 6 heteroatoms. The van der Waals surface area contributed by atoms with Gasteiger partial charge in [0.15, 0.2) is 0 Å². The fourth-order valence-corrected chi connectivity index (χ4v) is 2.87. The van der Waals surface area contributed by atoms with E-state index in [0.29, 0.717) is 19.5 Å². The highest BCUT2D eigenvalue weighted by molar-refractivity contribution is 5.86. The molecule has 0 saturated carbocycles. The fourth-order valence-electron chi connectivity index (χ4n) is 2.87. The van der Waals surface area contributed by atoms with Crippen LogP contribution in [0.15, 0.2) is 54.9 Å². The number of ether oxygens (including phenoxy) is 1. The molecule has 2 aromatic rings. The fraction of sp³-hybridized carbons (Fsp3) is 0.316. The number of hydrogen-bond acceptors (Lipinski definition) is 4. The Balaban J connectivity index is 1.52. The summed E-state index contributed by atoms with van der Waals surface area (Å²) < 4.78 is 5.35. The van der Waals surface area contributed by atoms with Crippen molar-refractivity contribution < 1.29 is 14.3 Å². The molecule has 6 nitrogen and oxygen atoms in total. The van der Waals surface area contributed by atoms with Crippen LogP contribution in [-0.4, -0.2) is 34.5 Å². The third kappa shape index (κ3) is 4.56. The first kappa shape index (κ1) is 17.0. The minimum atomic E-state index is -0.467. The van der Waals surface area contributed by atoms with E-state index in [2.05, 4.69) is 10.3 Å². The van der Waals surface area contributed by atoms with Crippen LogP contribution in [0.25, 0.3) is 0 Å². The lowest BCUT2D eigenvalue weighted by molar-refractivity contribution is -0.125. The number of likely N-dealkylation sites (tertiary alicyclic amines) is 1. The van der Waals surface area contributed by atoms with E-state index >= 15 is 0 Å². The minimum absolute atomic E-state index is 0.147. The normalized spacial score (nSPS) is 16.5. The highest BCUT2D eigenvalue weighted by atomic mass is 16.6. The predicted molar refractivity (Wildman–Crippen MR) is 92.4 cm³/mol. The third-order valence-electron chi connectivity index (χ3n) is 4.21. The van der Waals surface area contributed by atoms with Crippen LogP contribution in [0.3, 0.4) is 0 Å². The number of hydrogen-bond donors (Lipinski definition) is 1. The molecule has 2 amide bonds. The molecule has 1 fully saturated rings. The largest absolute Gasteiger partial charge is 0.445 e. The number of pyridine rings is 1. The van der Waals surface area contributed by atoms with Gasteiger partial charge >= 0.3 is 6.09 Å². The summed E-state index contributed by atoms with van der Waals surface area (Å²) in [4.78, 5) is 30.2. The average Bonchev–Trinajstić information content (AvgIpc) is 3.16. The molecule has 1 saturated heterocycles. The Morgan fingerprint density at radius 2 is 1.88 bits per heavy atom. The van der Waals surface area contributed by atoms with Crippen molar-refractivity contribution in [2.45, 2.75) is 32.0 Å². The average molecular weight is 339 g/mol. The highest BCUT2D eigenvalue weighted by Crippen LogP contribution is 2.19. The molecule has 2 heterocycles. The highest BCUT2D eigenvalue weighted by Gasteiger charge is 2.34. The summed E-state index contributed by atoms with van der Waals surface area (Å²) in [5, 5.41) is 2.88. The Labute approximate surface area is 146 Å². The molecule has 0 aliphatic carbocycles. The van der Waals surface area contributed by atoms with Crippen molar-refractivity contribution in [2.75, 3.05) is 6.54 Å². The molecule has 130 valence electrons. The van der Waals surface area contributed by atoms with Gasteiger partial charge in [-0.2, -0.15) is 0 Å². The lowest BCUT2D eigenvalue weighted by Crippen LogP contribution is -2.45. The molecule has 1 N–H and O–H groups in total. The number of carbonyl (C=O) groups is 2. The van der Waals surface area contributed by atoms with Crippen LogP contribution >= 0.6 is 0 Å². The van der Waals surface area contributed by atoms with Gasteiger partial charge in [-0.25, -0.2) is 4.79 Å². The van der Waals surface area contributed by atoms with Gasteiger partial charge in [0, 0.05) is 25.5 Å². The molecule has 1 aromatic carbocycles. The van der Waals surface area contributed by atoms with Crippen LogP contribution in [0, 0.1) is 0 Å². The Kier molecular flexibility index (Phi) is 5.61. The Morgan fingerprint density at radius 1 is 1.12 bits per heavy atom. The summed E-state index contributed by atoms with van der Waals surface area (Å²) in [6, 6.07) is 12.7. The lowest BCUT2D eigenvalue weighted by atomic mass is 10.2. The minimum Gasteiger partial charge on any atom is -0.445 e. The van der Waals surface area contributed by atoms with Gasteiger partial charge in [-0.1, -0.05) is 30.3 Å². The first-order valence-electron chi connectivity index (χ1n) is 8.38. The number of benzene rings is 1. The summed E-state index contributed by atoms with van der Waals surface area (Å²) in [6.07, 6.45) is 4.38. The van der Waals surface area contributed by atoms with Crippen molar-refractivity contribution in [3.63, 3.8) is 0 Å². The number of aromatic nitrogens is 1. The zero-order valence-electron chi connectivity index (χ0n) is 13.9. The summed E-state index contributed by atoms with van der Waals surface area (Å²) in [7, 11) is 0. The van der Waals surface area contributed by atoms with Crippen molar-refractivity contribution >= 4 is 12.0 Å². The standard InChI is InChI=1S/C19H21N3O3/c23-18(21-13-15-8-10-20-11-9-15)17-7-4-12-22(17)19(24)25-14-16-5-2-1-3-6-16/h1-3,5-6,8-11,17H,4,7,12-14H2,(H,21,23). The first-order chi connectivity index (χ1) is 12.2. The second kappa shape index (κ2) is 8.28. The SMILES string of the molecule is O=C(NCc1ccncc1)C1CCCN1C(=O)OCc1ccccc1. The summed E-state index contributed by atoms with van der Waals surface area (Å²) in [5.41, 5.74) is 1.90. The van der Waals surface area contributed by atoms with E-state index in [1.54, 1.807) is 12.4 Å². The first-order valence-corrected chi connectivity index (χ1v) is 8.38. The van der Waals surface area contributed by atoms with Gasteiger partial charge in [-0.05, 0) is 36.1 Å². The van der Waals surface area contributed by atoms with Crippen LogP contribution in [0.5, 0.6) is 0 Å². The van der Waals surface area contributed by atoms with Crippen molar-refractivity contribution in [1.29, 1.82) is 0 Å². The molecule has 0 radical (unpaired) electrons. The smallest absolute Gasteiger partial charge is 0.410 e. The van der Waals surface area contributed by atoms with Gasteiger partial charge in [0.05, 0.1) is 0 Å². The number of rotatable bonds is 5. The van der Waals surface area contributed by atoms with Gasteiger partial charge in [0.1, 0.15) is 12.6 Å². The number of carbonyl (C=O) groups excluding carboxylic acids is 2. The topological polar surface area (TPSA) is 71.5 Å². The quantitative estimate of drug-likeness (QED) is 0.908. The van der Waals surface area contributed by atoms with E-state index in [0.717, 1.165) is 17.5 Å². The maximum atomic E-state index is 12.4. The molecule has 1 unspecified atom stereocenters. The van der Waals surface area contributed by atoms with Crippen LogP contribution in [-0.2, 0) is 22.7 Å². The molecular formula is C19H21N3O3. The molecular weight excluding hydrogens is 318 g/mol. The van der Waals surface area contributed by atoms with Gasteiger partial charge in [0.2, 0.25) is 5.91 Å². The van der Waals surface area contributed by atoms with Crippen LogP contribution in [0.1, 0.15) is 24.0 Å². The van der Waals surface area contributed by atoms with Crippen molar-refractivity contribution in [3.8, 4) is 0 Å². The molecule has 1 atom stereocenters. The number of nitrogens with one attached hydrogen (secondary N) is 1. The van der Waals surface area contributed by atoms with Gasteiger partial charge in [-0.15, -0.1) is 0 Å². The van der Waals surface area contributed by atoms with Gasteiger partial charge < -0.3 is 10.1 Å². The maximum Gasteiger partial charge on any atom is 0.410 e. The second-order valence-corrected chi connectivity index (χ2v) is 5.96. The molecule has 0 spiro atoms. The van der Waals surface area contributed by atoms with E-state index in [4.69, 9.17) is 4.74 Å². The van der Waals surface area contributed by atoms with E-state index < -0.39 is 12.1 Å². The van der Waals surface area contributed by atoms with E-state index in [1.165, 1.54) is 4.90 Å². The van der Waals surface area contributed by atoms with E-state index in [-0.39, 0.29) is 12.5 Å². The molecule has 1 aliphatic heterocycles. The number of nitrogens with zero attached hydrogens (tertiary/aromatic N) is 2. The van der Waals surface area contributed by atoms with Crippen molar-refractivity contribution in [2.24, 2.45) is 0 Å². The second-order valence-electron chi connectivity index (χ2n) is 5.96. The third-order valence-corrected chi connectivity index (χ3v) is 4.21. The summed E-state index contributed by atoms with van der Waals surface area (Å²) in [6.45, 7) is 1.17. The molecule has 1 aromatic heterocycles. The monoisotopic (exact) mass is 339 g/mol. The van der Waals surface area contributed by atoms with Crippen molar-refractivity contribution in [1.82, 2.24) is 15.2 Å². The molecule has 25 heavy (non-hydrogen) atoms. The van der Waals surface area contributed by atoms with Gasteiger partial charge in [-0.3, -0.25) is 14.7 Å².